The van der Waals surface area contributed by atoms with Gasteiger partial charge in [0, 0.05) is 18.8 Å². The Labute approximate surface area is 118 Å². The minimum absolute atomic E-state index is 0.428. The van der Waals surface area contributed by atoms with Crippen molar-refractivity contribution in [2.45, 2.75) is 40.0 Å². The molecule has 1 unspecified atom stereocenters. The number of para-hydroxylation sites is 1. The maximum absolute atomic E-state index is 5.80. The number of rotatable bonds is 4. The van der Waals surface area contributed by atoms with Crippen molar-refractivity contribution in [2.75, 3.05) is 24.5 Å². The van der Waals surface area contributed by atoms with E-state index in [1.54, 1.807) is 0 Å². The minimum atomic E-state index is 0.428. The summed E-state index contributed by atoms with van der Waals surface area (Å²) in [7, 11) is 0. The lowest BCUT2D eigenvalue weighted by Crippen LogP contribution is -2.45. The van der Waals surface area contributed by atoms with Gasteiger partial charge in [0.2, 0.25) is 0 Å². The van der Waals surface area contributed by atoms with Gasteiger partial charge in [0.1, 0.15) is 0 Å². The van der Waals surface area contributed by atoms with Crippen LogP contribution in [-0.4, -0.2) is 19.6 Å². The van der Waals surface area contributed by atoms with Crippen LogP contribution in [0.2, 0.25) is 0 Å². The first kappa shape index (κ1) is 14.4. The molecule has 1 atom stereocenters. The topological polar surface area (TPSA) is 29.3 Å². The van der Waals surface area contributed by atoms with Crippen molar-refractivity contribution >= 4 is 5.69 Å². The van der Waals surface area contributed by atoms with Crippen molar-refractivity contribution in [3.63, 3.8) is 0 Å². The fraction of sp³-hybridized carbons (Fsp3) is 0.647. The van der Waals surface area contributed by atoms with Gasteiger partial charge in [-0.25, -0.2) is 0 Å². The fourth-order valence-electron chi connectivity index (χ4n) is 3.25. The number of benzene rings is 1. The average Bonchev–Trinajstić information content (AvgIpc) is 2.41. The molecule has 0 bridgehead atoms. The molecule has 2 heteroatoms. The lowest BCUT2D eigenvalue weighted by atomic mass is 9.71. The van der Waals surface area contributed by atoms with Gasteiger partial charge in [-0.3, -0.25) is 0 Å². The van der Waals surface area contributed by atoms with Gasteiger partial charge in [-0.15, -0.1) is 0 Å². The fourth-order valence-corrected chi connectivity index (χ4v) is 3.25. The monoisotopic (exact) mass is 260 g/mol. The second-order valence-corrected chi connectivity index (χ2v) is 6.44. The first-order valence-electron chi connectivity index (χ1n) is 7.61. The molecule has 2 nitrogen and oxygen atoms in total. The molecule has 0 aromatic heterocycles. The van der Waals surface area contributed by atoms with Crippen LogP contribution in [0.15, 0.2) is 24.3 Å². The van der Waals surface area contributed by atoms with E-state index >= 15 is 0 Å². The molecule has 0 amide bonds. The number of nitrogens with two attached hydrogens (primary N) is 1. The summed E-state index contributed by atoms with van der Waals surface area (Å²) in [4.78, 5) is 2.57. The maximum atomic E-state index is 5.80. The van der Waals surface area contributed by atoms with Gasteiger partial charge in [0.05, 0.1) is 0 Å². The lowest BCUT2D eigenvalue weighted by molar-refractivity contribution is 0.163. The molecule has 2 N–H and O–H groups in total. The van der Waals surface area contributed by atoms with Crippen LogP contribution in [0.25, 0.3) is 0 Å². The Morgan fingerprint density at radius 3 is 2.74 bits per heavy atom. The molecule has 0 radical (unpaired) electrons. The Hall–Kier alpha value is -1.02. The second-order valence-electron chi connectivity index (χ2n) is 6.44. The van der Waals surface area contributed by atoms with Crippen molar-refractivity contribution in [3.05, 3.63) is 29.8 Å². The van der Waals surface area contributed by atoms with Crippen molar-refractivity contribution in [2.24, 2.45) is 17.1 Å². The molecule has 1 fully saturated rings. The average molecular weight is 260 g/mol. The molecular weight excluding hydrogens is 232 g/mol. The molecule has 0 saturated carbocycles. The molecule has 1 aromatic rings. The van der Waals surface area contributed by atoms with Crippen LogP contribution < -0.4 is 10.6 Å². The zero-order valence-corrected chi connectivity index (χ0v) is 12.7. The van der Waals surface area contributed by atoms with Crippen LogP contribution in [0, 0.1) is 11.3 Å². The highest BCUT2D eigenvalue weighted by molar-refractivity contribution is 5.54. The van der Waals surface area contributed by atoms with E-state index in [1.807, 2.05) is 0 Å². The predicted octanol–water partition coefficient (Wildman–Crippen LogP) is 3.45. The SMILES string of the molecule is CCc1ccccc1N1CCC(C)(C)C(CCN)C1. The Morgan fingerprint density at radius 2 is 2.05 bits per heavy atom. The van der Waals surface area contributed by atoms with Crippen LogP contribution in [0.3, 0.4) is 0 Å². The van der Waals surface area contributed by atoms with E-state index in [2.05, 4.69) is 49.9 Å². The normalized spacial score (nSPS) is 22.5. The zero-order valence-electron chi connectivity index (χ0n) is 12.7. The van der Waals surface area contributed by atoms with E-state index in [0.29, 0.717) is 11.3 Å². The Bertz CT molecular complexity index is 411. The summed E-state index contributed by atoms with van der Waals surface area (Å²) in [6.45, 7) is 10.2. The van der Waals surface area contributed by atoms with Gasteiger partial charge < -0.3 is 10.6 Å². The Balaban J connectivity index is 2.18. The predicted molar refractivity (Wildman–Crippen MR) is 83.6 cm³/mol. The standard InChI is InChI=1S/C17H28N2/c1-4-14-7-5-6-8-16(14)19-12-10-17(2,3)15(13-19)9-11-18/h5-8,15H,4,9-13,18H2,1-3H3. The summed E-state index contributed by atoms with van der Waals surface area (Å²) in [5.41, 5.74) is 9.13. The highest BCUT2D eigenvalue weighted by atomic mass is 15.1. The van der Waals surface area contributed by atoms with Crippen LogP contribution in [0.4, 0.5) is 5.69 Å². The number of anilines is 1. The third-order valence-corrected chi connectivity index (χ3v) is 4.80. The summed E-state index contributed by atoms with van der Waals surface area (Å²) in [5, 5.41) is 0. The van der Waals surface area contributed by atoms with Crippen molar-refractivity contribution in [3.8, 4) is 0 Å². The highest BCUT2D eigenvalue weighted by Gasteiger charge is 2.35. The van der Waals surface area contributed by atoms with Crippen LogP contribution in [0.1, 0.15) is 39.2 Å². The molecule has 0 spiro atoms. The van der Waals surface area contributed by atoms with Gasteiger partial charge in [0.15, 0.2) is 0 Å². The van der Waals surface area contributed by atoms with Crippen LogP contribution in [0.5, 0.6) is 0 Å². The summed E-state index contributed by atoms with van der Waals surface area (Å²) in [6, 6.07) is 8.84. The molecule has 106 valence electrons. The summed E-state index contributed by atoms with van der Waals surface area (Å²) in [6.07, 6.45) is 3.51. The van der Waals surface area contributed by atoms with Crippen molar-refractivity contribution in [1.29, 1.82) is 0 Å². The van der Waals surface area contributed by atoms with Gasteiger partial charge in [0.25, 0.3) is 0 Å². The van der Waals surface area contributed by atoms with E-state index in [4.69, 9.17) is 5.73 Å². The van der Waals surface area contributed by atoms with E-state index in [-0.39, 0.29) is 0 Å². The molecule has 2 rings (SSSR count). The first-order valence-corrected chi connectivity index (χ1v) is 7.61. The molecular formula is C17H28N2. The first-order chi connectivity index (χ1) is 9.08. The van der Waals surface area contributed by atoms with E-state index < -0.39 is 0 Å². The maximum Gasteiger partial charge on any atom is 0.0398 e. The molecule has 1 heterocycles. The molecule has 1 aromatic carbocycles. The Morgan fingerprint density at radius 1 is 1.32 bits per heavy atom. The second kappa shape index (κ2) is 5.96. The smallest absolute Gasteiger partial charge is 0.0398 e. The quantitative estimate of drug-likeness (QED) is 0.898. The van der Waals surface area contributed by atoms with E-state index in [1.165, 1.54) is 24.2 Å². The van der Waals surface area contributed by atoms with E-state index in [0.717, 1.165) is 25.9 Å². The lowest BCUT2D eigenvalue weighted by Gasteiger charge is -2.45. The third-order valence-electron chi connectivity index (χ3n) is 4.80. The number of hydrogen-bond donors (Lipinski definition) is 1. The summed E-state index contributed by atoms with van der Waals surface area (Å²) in [5.74, 6) is 0.705. The summed E-state index contributed by atoms with van der Waals surface area (Å²) >= 11 is 0. The third kappa shape index (κ3) is 3.11. The number of hydrogen-bond acceptors (Lipinski definition) is 2. The highest BCUT2D eigenvalue weighted by Crippen LogP contribution is 2.39. The number of piperidine rings is 1. The van der Waals surface area contributed by atoms with E-state index in [9.17, 15) is 0 Å². The largest absolute Gasteiger partial charge is 0.371 e. The van der Waals surface area contributed by atoms with Crippen LogP contribution >= 0.6 is 0 Å². The van der Waals surface area contributed by atoms with Gasteiger partial charge >= 0.3 is 0 Å². The van der Waals surface area contributed by atoms with Gasteiger partial charge in [-0.1, -0.05) is 39.0 Å². The summed E-state index contributed by atoms with van der Waals surface area (Å²) < 4.78 is 0. The zero-order chi connectivity index (χ0) is 13.9. The molecule has 1 aliphatic rings. The number of nitrogens with zero attached hydrogens (tertiary/aromatic N) is 1. The van der Waals surface area contributed by atoms with Crippen molar-refractivity contribution < 1.29 is 0 Å². The van der Waals surface area contributed by atoms with Crippen LogP contribution in [-0.2, 0) is 6.42 Å². The van der Waals surface area contributed by atoms with Crippen molar-refractivity contribution in [1.82, 2.24) is 0 Å². The molecule has 19 heavy (non-hydrogen) atoms. The molecule has 1 aliphatic heterocycles. The minimum Gasteiger partial charge on any atom is -0.371 e. The molecule has 1 saturated heterocycles. The Kier molecular flexibility index (Phi) is 4.51. The molecule has 0 aliphatic carbocycles. The van der Waals surface area contributed by atoms with Gasteiger partial charge in [-0.05, 0) is 48.8 Å². The number of aryl methyl sites for hydroxylation is 1. The van der Waals surface area contributed by atoms with Gasteiger partial charge in [-0.2, -0.15) is 0 Å².